The van der Waals surface area contributed by atoms with Gasteiger partial charge < -0.3 is 20.4 Å². The fraction of sp³-hybridized carbons (Fsp3) is 0.379. The summed E-state index contributed by atoms with van der Waals surface area (Å²) in [5.41, 5.74) is 1.42. The van der Waals surface area contributed by atoms with Crippen LogP contribution in [0, 0.1) is 0 Å². The van der Waals surface area contributed by atoms with E-state index in [1.54, 1.807) is 42.8 Å². The number of hydrogen-bond donors (Lipinski definition) is 3. The zero-order valence-corrected chi connectivity index (χ0v) is 23.2. The SMILES string of the molecule is C=CCn1c(=O)c2cnc(Nc3ccc(N4CCN(CC(C)O)CC4)cc3)nc2n1-c1cccc(C(C)(C)O)n1. The number of pyridine rings is 1. The molecule has 1 aliphatic rings. The second-order valence-corrected chi connectivity index (χ2v) is 10.7. The van der Waals surface area contributed by atoms with Gasteiger partial charge in [-0.05, 0) is 57.2 Å². The smallest absolute Gasteiger partial charge is 0.278 e. The molecule has 3 aromatic heterocycles. The van der Waals surface area contributed by atoms with E-state index in [9.17, 15) is 15.0 Å². The van der Waals surface area contributed by atoms with Crippen molar-refractivity contribution < 1.29 is 10.2 Å². The lowest BCUT2D eigenvalue weighted by Crippen LogP contribution is -2.48. The van der Waals surface area contributed by atoms with Gasteiger partial charge in [0, 0.05) is 50.3 Å². The molecule has 1 saturated heterocycles. The lowest BCUT2D eigenvalue weighted by Gasteiger charge is -2.36. The summed E-state index contributed by atoms with van der Waals surface area (Å²) in [5, 5.41) is 23.7. The van der Waals surface area contributed by atoms with Crippen molar-refractivity contribution in [3.05, 3.63) is 77.4 Å². The topological polar surface area (TPSA) is 125 Å². The van der Waals surface area contributed by atoms with Crippen LogP contribution in [0.3, 0.4) is 0 Å². The summed E-state index contributed by atoms with van der Waals surface area (Å²) in [5.74, 6) is 0.797. The summed E-state index contributed by atoms with van der Waals surface area (Å²) >= 11 is 0. The molecule has 0 radical (unpaired) electrons. The fourth-order valence-electron chi connectivity index (χ4n) is 4.94. The minimum Gasteiger partial charge on any atom is -0.392 e. The van der Waals surface area contributed by atoms with Gasteiger partial charge in [-0.1, -0.05) is 12.1 Å². The number of aromatic nitrogens is 5. The third-order valence-corrected chi connectivity index (χ3v) is 6.94. The van der Waals surface area contributed by atoms with E-state index in [4.69, 9.17) is 4.98 Å². The minimum absolute atomic E-state index is 0.251. The van der Waals surface area contributed by atoms with E-state index in [0.717, 1.165) is 37.6 Å². The van der Waals surface area contributed by atoms with E-state index in [-0.39, 0.29) is 18.2 Å². The van der Waals surface area contributed by atoms with Crippen LogP contribution in [0.15, 0.2) is 66.1 Å². The van der Waals surface area contributed by atoms with Crippen LogP contribution < -0.4 is 15.8 Å². The van der Waals surface area contributed by atoms with Crippen LogP contribution in [0.2, 0.25) is 0 Å². The second kappa shape index (κ2) is 11.2. The van der Waals surface area contributed by atoms with Gasteiger partial charge in [0.15, 0.2) is 11.5 Å². The Hall–Kier alpha value is -4.06. The van der Waals surface area contributed by atoms with Gasteiger partial charge in [-0.3, -0.25) is 9.69 Å². The molecule has 0 saturated carbocycles. The lowest BCUT2D eigenvalue weighted by atomic mass is 10.1. The van der Waals surface area contributed by atoms with E-state index in [0.29, 0.717) is 35.0 Å². The van der Waals surface area contributed by atoms with E-state index in [1.165, 1.54) is 10.9 Å². The number of nitrogens with zero attached hydrogens (tertiary/aromatic N) is 7. The van der Waals surface area contributed by atoms with Gasteiger partial charge in [-0.25, -0.2) is 19.3 Å². The van der Waals surface area contributed by atoms with Crippen LogP contribution in [0.25, 0.3) is 16.9 Å². The minimum atomic E-state index is -1.15. The van der Waals surface area contributed by atoms with Crippen molar-refractivity contribution in [2.45, 2.75) is 39.0 Å². The standard InChI is InChI=1S/C29H36N8O3/c1-5-13-36-27(39)23-18-30-28(33-26(23)37(36)25-8-6-7-24(32-25)29(3,4)40)31-21-9-11-22(12-10-21)35-16-14-34(15-17-35)19-20(2)38/h5-12,18,20,38,40H,1,13-17,19H2,2-4H3,(H,30,31,33). The number of aliphatic hydroxyl groups excluding tert-OH is 1. The maximum atomic E-state index is 13.2. The highest BCUT2D eigenvalue weighted by Gasteiger charge is 2.22. The Labute approximate surface area is 233 Å². The normalized spacial score (nSPS) is 15.4. The molecule has 4 heterocycles. The van der Waals surface area contributed by atoms with Crippen LogP contribution >= 0.6 is 0 Å². The highest BCUT2D eigenvalue weighted by Crippen LogP contribution is 2.24. The van der Waals surface area contributed by atoms with Crippen molar-refractivity contribution in [1.29, 1.82) is 0 Å². The number of rotatable bonds is 9. The molecule has 1 aliphatic heterocycles. The van der Waals surface area contributed by atoms with E-state index >= 15 is 0 Å². The number of allylic oxidation sites excluding steroid dienone is 1. The van der Waals surface area contributed by atoms with E-state index in [2.05, 4.69) is 43.8 Å². The lowest BCUT2D eigenvalue weighted by molar-refractivity contribution is 0.0738. The van der Waals surface area contributed by atoms with Crippen molar-refractivity contribution in [3.63, 3.8) is 0 Å². The molecule has 3 N–H and O–H groups in total. The molecule has 1 unspecified atom stereocenters. The number of anilines is 3. The Morgan fingerprint density at radius 2 is 1.82 bits per heavy atom. The van der Waals surface area contributed by atoms with Gasteiger partial charge in [0.25, 0.3) is 5.56 Å². The van der Waals surface area contributed by atoms with Gasteiger partial charge >= 0.3 is 0 Å². The quantitative estimate of drug-likeness (QED) is 0.273. The molecule has 4 aromatic rings. The number of β-amino-alcohol motifs (C(OH)–C–C–N with tert-alkyl or cyclic N) is 1. The molecule has 0 aliphatic carbocycles. The second-order valence-electron chi connectivity index (χ2n) is 10.7. The summed E-state index contributed by atoms with van der Waals surface area (Å²) in [7, 11) is 0. The third kappa shape index (κ3) is 5.76. The number of hydrogen-bond acceptors (Lipinski definition) is 9. The van der Waals surface area contributed by atoms with Crippen LogP contribution in [-0.2, 0) is 12.1 Å². The predicted molar refractivity (Wildman–Crippen MR) is 156 cm³/mol. The van der Waals surface area contributed by atoms with Crippen molar-refractivity contribution in [3.8, 4) is 5.82 Å². The molecule has 1 fully saturated rings. The predicted octanol–water partition coefficient (Wildman–Crippen LogP) is 2.64. The molecule has 5 rings (SSSR count). The maximum absolute atomic E-state index is 13.2. The molecule has 0 bridgehead atoms. The summed E-state index contributed by atoms with van der Waals surface area (Å²) in [4.78, 5) is 31.6. The molecule has 210 valence electrons. The molecule has 0 spiro atoms. The van der Waals surface area contributed by atoms with Crippen LogP contribution in [0.1, 0.15) is 26.5 Å². The molecular weight excluding hydrogens is 508 g/mol. The first-order valence-corrected chi connectivity index (χ1v) is 13.5. The van der Waals surface area contributed by atoms with Gasteiger partial charge in [0.1, 0.15) is 11.0 Å². The van der Waals surface area contributed by atoms with Crippen LogP contribution in [0.5, 0.6) is 0 Å². The van der Waals surface area contributed by atoms with Gasteiger partial charge in [0.05, 0.1) is 18.3 Å². The fourth-order valence-corrected chi connectivity index (χ4v) is 4.94. The molecule has 1 aromatic carbocycles. The first-order chi connectivity index (χ1) is 19.1. The molecule has 0 amide bonds. The highest BCUT2D eigenvalue weighted by molar-refractivity contribution is 5.77. The van der Waals surface area contributed by atoms with Crippen molar-refractivity contribution >= 4 is 28.4 Å². The van der Waals surface area contributed by atoms with E-state index in [1.807, 2.05) is 19.1 Å². The van der Waals surface area contributed by atoms with Crippen LogP contribution in [-0.4, -0.2) is 78.3 Å². The first-order valence-electron chi connectivity index (χ1n) is 13.5. The zero-order valence-electron chi connectivity index (χ0n) is 23.2. The average molecular weight is 545 g/mol. The van der Waals surface area contributed by atoms with Crippen molar-refractivity contribution in [1.82, 2.24) is 29.2 Å². The summed E-state index contributed by atoms with van der Waals surface area (Å²) < 4.78 is 3.14. The number of nitrogens with one attached hydrogen (secondary N) is 1. The van der Waals surface area contributed by atoms with Gasteiger partial charge in [0.2, 0.25) is 5.95 Å². The summed E-state index contributed by atoms with van der Waals surface area (Å²) in [6.07, 6.45) is 2.84. The number of piperazine rings is 1. The molecule has 11 nitrogen and oxygen atoms in total. The van der Waals surface area contributed by atoms with Crippen molar-refractivity contribution in [2.75, 3.05) is 42.9 Å². The Morgan fingerprint density at radius 1 is 1.10 bits per heavy atom. The largest absolute Gasteiger partial charge is 0.392 e. The first kappa shape index (κ1) is 27.5. The third-order valence-electron chi connectivity index (χ3n) is 6.94. The summed E-state index contributed by atoms with van der Waals surface area (Å²) in [6.45, 7) is 13.5. The Morgan fingerprint density at radius 3 is 2.48 bits per heavy atom. The Balaban J connectivity index is 1.41. The molecule has 1 atom stereocenters. The molecule has 11 heteroatoms. The summed E-state index contributed by atoms with van der Waals surface area (Å²) in [6, 6.07) is 13.4. The van der Waals surface area contributed by atoms with E-state index < -0.39 is 5.60 Å². The average Bonchev–Trinajstić information content (AvgIpc) is 3.19. The Kier molecular flexibility index (Phi) is 7.70. The monoisotopic (exact) mass is 544 g/mol. The number of benzene rings is 1. The van der Waals surface area contributed by atoms with Gasteiger partial charge in [-0.15, -0.1) is 6.58 Å². The molecular formula is C29H36N8O3. The number of aliphatic hydroxyl groups is 2. The highest BCUT2D eigenvalue weighted by atomic mass is 16.3. The van der Waals surface area contributed by atoms with Crippen molar-refractivity contribution in [2.24, 2.45) is 0 Å². The maximum Gasteiger partial charge on any atom is 0.278 e. The zero-order chi connectivity index (χ0) is 28.4. The number of fused-ring (bicyclic) bond motifs is 1. The van der Waals surface area contributed by atoms with Gasteiger partial charge in [-0.2, -0.15) is 4.98 Å². The Bertz CT molecular complexity index is 1540. The van der Waals surface area contributed by atoms with Crippen LogP contribution in [0.4, 0.5) is 17.3 Å². The molecule has 40 heavy (non-hydrogen) atoms.